The van der Waals surface area contributed by atoms with Gasteiger partial charge in [0.1, 0.15) is 12.1 Å². The highest BCUT2D eigenvalue weighted by Crippen LogP contribution is 2.38. The van der Waals surface area contributed by atoms with E-state index in [4.69, 9.17) is 4.74 Å². The van der Waals surface area contributed by atoms with Crippen LogP contribution in [0.2, 0.25) is 0 Å². The largest absolute Gasteiger partial charge is 0.497 e. The number of fused-ring (bicyclic) bond motifs is 1. The molecule has 5 nitrogen and oxygen atoms in total. The Morgan fingerprint density at radius 3 is 2.76 bits per heavy atom. The number of benzene rings is 2. The fourth-order valence-electron chi connectivity index (χ4n) is 3.45. The van der Waals surface area contributed by atoms with Crippen LogP contribution < -0.4 is 10.1 Å². The maximum Gasteiger partial charge on any atom is 0.222 e. The van der Waals surface area contributed by atoms with Crippen molar-refractivity contribution < 1.29 is 4.74 Å². The van der Waals surface area contributed by atoms with Crippen molar-refractivity contribution in [2.45, 2.75) is 31.8 Å². The average Bonchev–Trinajstić information content (AvgIpc) is 3.16. The minimum Gasteiger partial charge on any atom is -0.497 e. The highest BCUT2D eigenvalue weighted by Gasteiger charge is 2.30. The van der Waals surface area contributed by atoms with Gasteiger partial charge in [0.05, 0.1) is 19.2 Å². The molecule has 1 aliphatic rings. The van der Waals surface area contributed by atoms with Crippen LogP contribution in [-0.4, -0.2) is 21.9 Å². The summed E-state index contributed by atoms with van der Waals surface area (Å²) in [7, 11) is 1.69. The second-order valence-corrected chi connectivity index (χ2v) is 6.35. The maximum absolute atomic E-state index is 5.39. The van der Waals surface area contributed by atoms with Gasteiger partial charge in [-0.15, -0.1) is 0 Å². The summed E-state index contributed by atoms with van der Waals surface area (Å²) >= 11 is 0. The standard InChI is InChI=1S/C20H22N4O/c1-3-14-7-9-15(10-8-14)18-12-19(24-20(23-18)21-13-22-24)16-5-4-6-17(11-16)25-2/h4-11,13,18-19H,3,12H2,1-2H3,(H,21,22,23). The van der Waals surface area contributed by atoms with Crippen molar-refractivity contribution in [1.29, 1.82) is 0 Å². The van der Waals surface area contributed by atoms with Gasteiger partial charge in [-0.3, -0.25) is 0 Å². The van der Waals surface area contributed by atoms with Crippen molar-refractivity contribution >= 4 is 5.95 Å². The van der Waals surface area contributed by atoms with Crippen LogP contribution in [0.15, 0.2) is 54.9 Å². The van der Waals surface area contributed by atoms with Crippen LogP contribution >= 0.6 is 0 Å². The Hall–Kier alpha value is -2.82. The number of hydrogen-bond acceptors (Lipinski definition) is 4. The second kappa shape index (κ2) is 6.59. The summed E-state index contributed by atoms with van der Waals surface area (Å²) in [5, 5.41) is 7.94. The zero-order valence-electron chi connectivity index (χ0n) is 14.5. The molecule has 2 unspecified atom stereocenters. The van der Waals surface area contributed by atoms with Crippen molar-refractivity contribution in [2.24, 2.45) is 0 Å². The van der Waals surface area contributed by atoms with Crippen LogP contribution in [0.1, 0.15) is 42.1 Å². The third-order valence-corrected chi connectivity index (χ3v) is 4.90. The van der Waals surface area contributed by atoms with E-state index in [2.05, 4.69) is 58.7 Å². The molecule has 0 radical (unpaired) electrons. The van der Waals surface area contributed by atoms with Crippen LogP contribution in [0.4, 0.5) is 5.95 Å². The average molecular weight is 334 g/mol. The van der Waals surface area contributed by atoms with E-state index in [0.29, 0.717) is 0 Å². The summed E-state index contributed by atoms with van der Waals surface area (Å²) in [4.78, 5) is 4.39. The van der Waals surface area contributed by atoms with Gasteiger partial charge in [0.15, 0.2) is 0 Å². The molecule has 2 aromatic carbocycles. The van der Waals surface area contributed by atoms with Crippen LogP contribution in [0, 0.1) is 0 Å². The van der Waals surface area contributed by atoms with Crippen LogP contribution in [0.25, 0.3) is 0 Å². The molecular weight excluding hydrogens is 312 g/mol. The van der Waals surface area contributed by atoms with Crippen molar-refractivity contribution in [3.05, 3.63) is 71.5 Å². The first-order chi connectivity index (χ1) is 12.3. The van der Waals surface area contributed by atoms with Crippen LogP contribution in [0.5, 0.6) is 5.75 Å². The Balaban J connectivity index is 1.69. The van der Waals surface area contributed by atoms with E-state index in [1.807, 2.05) is 16.8 Å². The van der Waals surface area contributed by atoms with E-state index in [1.54, 1.807) is 13.4 Å². The SMILES string of the molecule is CCc1ccc(C2CC(c3cccc(OC)c3)n3ncnc3N2)cc1. The van der Waals surface area contributed by atoms with Gasteiger partial charge in [0.25, 0.3) is 0 Å². The number of aromatic nitrogens is 3. The molecule has 2 heterocycles. The van der Waals surface area contributed by atoms with Gasteiger partial charge in [-0.05, 0) is 41.7 Å². The predicted molar refractivity (Wildman–Crippen MR) is 98.0 cm³/mol. The molecule has 0 amide bonds. The summed E-state index contributed by atoms with van der Waals surface area (Å²) < 4.78 is 7.36. The topological polar surface area (TPSA) is 52.0 Å². The molecule has 0 saturated heterocycles. The number of nitrogens with one attached hydrogen (secondary N) is 1. The first-order valence-corrected chi connectivity index (χ1v) is 8.67. The molecule has 128 valence electrons. The number of hydrogen-bond donors (Lipinski definition) is 1. The van der Waals surface area contributed by atoms with Crippen molar-refractivity contribution in [3.63, 3.8) is 0 Å². The quantitative estimate of drug-likeness (QED) is 0.784. The third-order valence-electron chi connectivity index (χ3n) is 4.90. The van der Waals surface area contributed by atoms with E-state index < -0.39 is 0 Å². The van der Waals surface area contributed by atoms with Crippen molar-refractivity contribution in [3.8, 4) is 5.75 Å². The van der Waals surface area contributed by atoms with Gasteiger partial charge in [-0.1, -0.05) is 43.3 Å². The zero-order chi connectivity index (χ0) is 17.2. The first-order valence-electron chi connectivity index (χ1n) is 8.67. The van der Waals surface area contributed by atoms with Crippen LogP contribution in [-0.2, 0) is 6.42 Å². The van der Waals surface area contributed by atoms with Crippen molar-refractivity contribution in [1.82, 2.24) is 14.8 Å². The molecule has 25 heavy (non-hydrogen) atoms. The van der Waals surface area contributed by atoms with E-state index in [9.17, 15) is 0 Å². The Kier molecular flexibility index (Phi) is 4.14. The Labute approximate surface area is 147 Å². The fourth-order valence-corrected chi connectivity index (χ4v) is 3.45. The Bertz CT molecular complexity index is 856. The maximum atomic E-state index is 5.39. The summed E-state index contributed by atoms with van der Waals surface area (Å²) in [5.74, 6) is 1.67. The van der Waals surface area contributed by atoms with E-state index in [0.717, 1.165) is 24.5 Å². The highest BCUT2D eigenvalue weighted by molar-refractivity contribution is 5.40. The lowest BCUT2D eigenvalue weighted by Gasteiger charge is -2.32. The van der Waals surface area contributed by atoms with Crippen molar-refractivity contribution in [2.75, 3.05) is 12.4 Å². The molecule has 5 heteroatoms. The fraction of sp³-hybridized carbons (Fsp3) is 0.300. The van der Waals surface area contributed by atoms with Gasteiger partial charge < -0.3 is 10.1 Å². The molecule has 0 fully saturated rings. The monoisotopic (exact) mass is 334 g/mol. The third kappa shape index (κ3) is 2.97. The van der Waals surface area contributed by atoms with Gasteiger partial charge in [0.2, 0.25) is 5.95 Å². The lowest BCUT2D eigenvalue weighted by molar-refractivity contribution is 0.406. The molecule has 4 rings (SSSR count). The molecule has 3 aromatic rings. The van der Waals surface area contributed by atoms with Gasteiger partial charge in [0, 0.05) is 0 Å². The predicted octanol–water partition coefficient (Wildman–Crippen LogP) is 4.00. The van der Waals surface area contributed by atoms with E-state index >= 15 is 0 Å². The Morgan fingerprint density at radius 2 is 2.00 bits per heavy atom. The summed E-state index contributed by atoms with van der Waals surface area (Å²) in [6.07, 6.45) is 3.58. The van der Waals surface area contributed by atoms with E-state index in [1.165, 1.54) is 16.7 Å². The normalized spacial score (nSPS) is 19.1. The number of aryl methyl sites for hydroxylation is 1. The molecule has 0 saturated carbocycles. The van der Waals surface area contributed by atoms with Gasteiger partial charge in [-0.2, -0.15) is 10.1 Å². The minimum absolute atomic E-state index is 0.129. The van der Waals surface area contributed by atoms with Gasteiger partial charge in [-0.25, -0.2) is 4.68 Å². The Morgan fingerprint density at radius 1 is 1.16 bits per heavy atom. The smallest absolute Gasteiger partial charge is 0.222 e. The van der Waals surface area contributed by atoms with E-state index in [-0.39, 0.29) is 12.1 Å². The number of methoxy groups -OCH3 is 1. The highest BCUT2D eigenvalue weighted by atomic mass is 16.5. The molecule has 0 bridgehead atoms. The molecule has 1 aliphatic heterocycles. The lowest BCUT2D eigenvalue weighted by Crippen LogP contribution is -2.28. The summed E-state index contributed by atoms with van der Waals surface area (Å²) in [5.41, 5.74) is 3.81. The molecule has 2 atom stereocenters. The summed E-state index contributed by atoms with van der Waals surface area (Å²) in [6.45, 7) is 2.18. The van der Waals surface area contributed by atoms with Gasteiger partial charge >= 0.3 is 0 Å². The summed E-state index contributed by atoms with van der Waals surface area (Å²) in [6, 6.07) is 17.4. The molecular formula is C20H22N4O. The molecule has 1 aromatic heterocycles. The number of nitrogens with zero attached hydrogens (tertiary/aromatic N) is 3. The van der Waals surface area contributed by atoms with Crippen LogP contribution in [0.3, 0.4) is 0 Å². The number of anilines is 1. The first kappa shape index (κ1) is 15.7. The number of rotatable bonds is 4. The molecule has 0 aliphatic carbocycles. The number of ether oxygens (including phenoxy) is 1. The second-order valence-electron chi connectivity index (χ2n) is 6.35. The molecule has 0 spiro atoms. The zero-order valence-corrected chi connectivity index (χ0v) is 14.5. The lowest BCUT2D eigenvalue weighted by atomic mass is 9.92. The molecule has 1 N–H and O–H groups in total. The minimum atomic E-state index is 0.129.